The van der Waals surface area contributed by atoms with Crippen molar-refractivity contribution in [2.75, 3.05) is 0 Å². The maximum absolute atomic E-state index is 6.39. The van der Waals surface area contributed by atoms with E-state index in [1.54, 1.807) is 0 Å². The summed E-state index contributed by atoms with van der Waals surface area (Å²) < 4.78 is 2.09. The predicted octanol–water partition coefficient (Wildman–Crippen LogP) is 3.30. The molecule has 1 aromatic rings. The highest BCUT2D eigenvalue weighted by atomic mass is 15.3. The Hall–Kier alpha value is -0.830. The molecule has 3 heteroatoms. The molecule has 0 aromatic carbocycles. The van der Waals surface area contributed by atoms with Gasteiger partial charge < -0.3 is 5.73 Å². The minimum atomic E-state index is 0.267. The lowest BCUT2D eigenvalue weighted by molar-refractivity contribution is 0.363. The van der Waals surface area contributed by atoms with E-state index in [1.807, 2.05) is 0 Å². The molecular formula is C15H29N3. The zero-order valence-corrected chi connectivity index (χ0v) is 12.4. The highest BCUT2D eigenvalue weighted by Gasteiger charge is 2.18. The Labute approximate surface area is 112 Å². The van der Waals surface area contributed by atoms with Gasteiger partial charge in [-0.3, -0.25) is 4.68 Å². The Morgan fingerprint density at radius 2 is 2.06 bits per heavy atom. The lowest BCUT2D eigenvalue weighted by Gasteiger charge is -2.22. The molecule has 104 valence electrons. The van der Waals surface area contributed by atoms with Crippen LogP contribution in [0.1, 0.15) is 57.8 Å². The summed E-state index contributed by atoms with van der Waals surface area (Å²) in [5.74, 6) is 0.644. The fraction of sp³-hybridized carbons (Fsp3) is 0.800. The number of aromatic nitrogens is 2. The van der Waals surface area contributed by atoms with E-state index in [2.05, 4.69) is 43.5 Å². The van der Waals surface area contributed by atoms with Gasteiger partial charge in [-0.2, -0.15) is 5.10 Å². The number of nitrogens with zero attached hydrogens (tertiary/aromatic N) is 2. The van der Waals surface area contributed by atoms with Gasteiger partial charge in [0.2, 0.25) is 0 Å². The van der Waals surface area contributed by atoms with Gasteiger partial charge in [-0.15, -0.1) is 0 Å². The molecule has 0 fully saturated rings. The van der Waals surface area contributed by atoms with Gasteiger partial charge in [0.15, 0.2) is 0 Å². The van der Waals surface area contributed by atoms with Crippen molar-refractivity contribution in [2.45, 2.75) is 72.4 Å². The van der Waals surface area contributed by atoms with Gasteiger partial charge in [0, 0.05) is 24.7 Å². The Kier molecular flexibility index (Phi) is 6.41. The third-order valence-electron chi connectivity index (χ3n) is 3.79. The van der Waals surface area contributed by atoms with Crippen LogP contribution in [-0.2, 0) is 13.0 Å². The van der Waals surface area contributed by atoms with Crippen LogP contribution in [0.4, 0.5) is 0 Å². The molecule has 0 aliphatic heterocycles. The summed E-state index contributed by atoms with van der Waals surface area (Å²) in [6.07, 6.45) is 5.94. The fourth-order valence-corrected chi connectivity index (χ4v) is 2.63. The summed E-state index contributed by atoms with van der Waals surface area (Å²) in [6.45, 7) is 9.61. The molecule has 0 saturated heterocycles. The molecule has 2 N–H and O–H groups in total. The van der Waals surface area contributed by atoms with Gasteiger partial charge in [0.05, 0.1) is 5.69 Å². The largest absolute Gasteiger partial charge is 0.327 e. The van der Waals surface area contributed by atoms with E-state index in [0.29, 0.717) is 5.92 Å². The van der Waals surface area contributed by atoms with Gasteiger partial charge in [-0.25, -0.2) is 0 Å². The molecule has 3 nitrogen and oxygen atoms in total. The molecule has 0 aliphatic rings. The minimum absolute atomic E-state index is 0.267. The average molecular weight is 251 g/mol. The van der Waals surface area contributed by atoms with E-state index in [1.165, 1.54) is 31.4 Å². The Balaban J connectivity index is 2.63. The van der Waals surface area contributed by atoms with E-state index in [4.69, 9.17) is 5.73 Å². The van der Waals surface area contributed by atoms with Crippen LogP contribution in [-0.4, -0.2) is 15.8 Å². The second-order valence-electron chi connectivity index (χ2n) is 5.27. The molecule has 0 radical (unpaired) electrons. The Morgan fingerprint density at radius 3 is 2.61 bits per heavy atom. The molecule has 1 rings (SSSR count). The molecule has 2 unspecified atom stereocenters. The number of hydrogen-bond acceptors (Lipinski definition) is 2. The van der Waals surface area contributed by atoms with Crippen LogP contribution in [0.15, 0.2) is 6.07 Å². The minimum Gasteiger partial charge on any atom is -0.327 e. The van der Waals surface area contributed by atoms with Crippen molar-refractivity contribution in [2.24, 2.45) is 11.7 Å². The lowest BCUT2D eigenvalue weighted by atomic mass is 9.89. The van der Waals surface area contributed by atoms with Gasteiger partial charge in [-0.05, 0) is 32.3 Å². The maximum atomic E-state index is 6.39. The first-order chi connectivity index (χ1) is 8.62. The van der Waals surface area contributed by atoms with Crippen molar-refractivity contribution in [3.05, 3.63) is 17.5 Å². The molecule has 1 aromatic heterocycles. The van der Waals surface area contributed by atoms with Gasteiger partial charge in [0.1, 0.15) is 0 Å². The van der Waals surface area contributed by atoms with Crippen LogP contribution in [0.3, 0.4) is 0 Å². The van der Waals surface area contributed by atoms with Crippen LogP contribution < -0.4 is 5.73 Å². The van der Waals surface area contributed by atoms with Crippen molar-refractivity contribution in [1.29, 1.82) is 0 Å². The van der Waals surface area contributed by atoms with Crippen LogP contribution in [0, 0.1) is 12.8 Å². The summed E-state index contributed by atoms with van der Waals surface area (Å²) in [6, 6.07) is 2.44. The zero-order valence-electron chi connectivity index (χ0n) is 12.4. The van der Waals surface area contributed by atoms with Gasteiger partial charge in [-0.1, -0.05) is 33.1 Å². The molecule has 2 atom stereocenters. The Bertz CT molecular complexity index is 344. The first kappa shape index (κ1) is 15.2. The summed E-state index contributed by atoms with van der Waals surface area (Å²) in [5.41, 5.74) is 8.78. The second-order valence-corrected chi connectivity index (χ2v) is 5.27. The van der Waals surface area contributed by atoms with Crippen LogP contribution >= 0.6 is 0 Å². The first-order valence-electron chi connectivity index (χ1n) is 7.41. The van der Waals surface area contributed by atoms with Crippen molar-refractivity contribution in [3.8, 4) is 0 Å². The van der Waals surface area contributed by atoms with Crippen molar-refractivity contribution >= 4 is 0 Å². The SMILES string of the molecule is CCCCC(CC)C(N)Cc1cc(C)nn1CC. The van der Waals surface area contributed by atoms with Crippen LogP contribution in [0.5, 0.6) is 0 Å². The first-order valence-corrected chi connectivity index (χ1v) is 7.41. The summed E-state index contributed by atoms with van der Waals surface area (Å²) in [4.78, 5) is 0. The third-order valence-corrected chi connectivity index (χ3v) is 3.79. The summed E-state index contributed by atoms with van der Waals surface area (Å²) in [7, 11) is 0. The maximum Gasteiger partial charge on any atom is 0.0596 e. The van der Waals surface area contributed by atoms with E-state index in [0.717, 1.165) is 18.7 Å². The molecular weight excluding hydrogens is 222 g/mol. The van der Waals surface area contributed by atoms with Crippen LogP contribution in [0.25, 0.3) is 0 Å². The summed E-state index contributed by atoms with van der Waals surface area (Å²) in [5, 5.41) is 4.49. The monoisotopic (exact) mass is 251 g/mol. The van der Waals surface area contributed by atoms with Crippen LogP contribution in [0.2, 0.25) is 0 Å². The molecule has 0 amide bonds. The standard InChI is InChI=1S/C15H29N3/c1-5-8-9-13(6-2)15(16)11-14-10-12(4)17-18(14)7-3/h10,13,15H,5-9,11,16H2,1-4H3. The topological polar surface area (TPSA) is 43.8 Å². The predicted molar refractivity (Wildman–Crippen MR) is 77.6 cm³/mol. The smallest absolute Gasteiger partial charge is 0.0596 e. The summed E-state index contributed by atoms with van der Waals surface area (Å²) >= 11 is 0. The molecule has 0 bridgehead atoms. The number of hydrogen-bond donors (Lipinski definition) is 1. The second kappa shape index (κ2) is 7.57. The molecule has 0 saturated carbocycles. The van der Waals surface area contributed by atoms with E-state index in [9.17, 15) is 0 Å². The average Bonchev–Trinajstić information content (AvgIpc) is 2.70. The van der Waals surface area contributed by atoms with Crippen molar-refractivity contribution in [1.82, 2.24) is 9.78 Å². The third kappa shape index (κ3) is 4.13. The van der Waals surface area contributed by atoms with E-state index in [-0.39, 0.29) is 6.04 Å². The fourth-order valence-electron chi connectivity index (χ4n) is 2.63. The molecule has 18 heavy (non-hydrogen) atoms. The molecule has 1 heterocycles. The highest BCUT2D eigenvalue weighted by molar-refractivity contribution is 5.10. The molecule has 0 spiro atoms. The number of unbranched alkanes of at least 4 members (excludes halogenated alkanes) is 1. The quantitative estimate of drug-likeness (QED) is 0.770. The zero-order chi connectivity index (χ0) is 13.5. The van der Waals surface area contributed by atoms with Crippen molar-refractivity contribution < 1.29 is 0 Å². The van der Waals surface area contributed by atoms with E-state index >= 15 is 0 Å². The normalized spacial score (nSPS) is 14.7. The van der Waals surface area contributed by atoms with E-state index < -0.39 is 0 Å². The number of rotatable bonds is 8. The Morgan fingerprint density at radius 1 is 1.33 bits per heavy atom. The number of nitrogens with two attached hydrogens (primary N) is 1. The van der Waals surface area contributed by atoms with Gasteiger partial charge in [0.25, 0.3) is 0 Å². The highest BCUT2D eigenvalue weighted by Crippen LogP contribution is 2.19. The number of aryl methyl sites for hydroxylation is 2. The lowest BCUT2D eigenvalue weighted by Crippen LogP contribution is -2.32. The molecule has 0 aliphatic carbocycles. The van der Waals surface area contributed by atoms with Crippen molar-refractivity contribution in [3.63, 3.8) is 0 Å². The van der Waals surface area contributed by atoms with Gasteiger partial charge >= 0.3 is 0 Å².